The lowest BCUT2D eigenvalue weighted by atomic mass is 9.93. The number of carbonyl (C=O) groups is 1. The molecule has 0 aromatic heterocycles. The summed E-state index contributed by atoms with van der Waals surface area (Å²) < 4.78 is 10.5. The van der Waals surface area contributed by atoms with Crippen molar-refractivity contribution >= 4 is 11.4 Å². The largest absolute Gasteiger partial charge is 0.497 e. The van der Waals surface area contributed by atoms with Crippen LogP contribution < -0.4 is 9.47 Å². The Kier molecular flexibility index (Phi) is 3.47. The third-order valence-electron chi connectivity index (χ3n) is 2.97. The highest BCUT2D eigenvalue weighted by Crippen LogP contribution is 2.31. The molecule has 0 heterocycles. The Balaban J connectivity index is 2.34. The molecular formula is C14H16O3. The Morgan fingerprint density at radius 3 is 2.12 bits per heavy atom. The monoisotopic (exact) mass is 232 g/mol. The molecule has 0 spiro atoms. The summed E-state index contributed by atoms with van der Waals surface area (Å²) in [6.07, 6.45) is 3.97. The molecule has 0 amide bonds. The van der Waals surface area contributed by atoms with Crippen LogP contribution in [0.4, 0.5) is 0 Å². The molecule has 3 nitrogen and oxygen atoms in total. The van der Waals surface area contributed by atoms with Crippen molar-refractivity contribution in [2.75, 3.05) is 14.2 Å². The summed E-state index contributed by atoms with van der Waals surface area (Å²) in [6.45, 7) is 0. The molecule has 17 heavy (non-hydrogen) atoms. The number of hydrogen-bond donors (Lipinski definition) is 0. The van der Waals surface area contributed by atoms with E-state index in [1.807, 2.05) is 24.3 Å². The van der Waals surface area contributed by atoms with Crippen LogP contribution in [-0.2, 0) is 4.79 Å². The van der Waals surface area contributed by atoms with Crippen molar-refractivity contribution in [2.45, 2.75) is 19.3 Å². The van der Waals surface area contributed by atoms with Gasteiger partial charge >= 0.3 is 0 Å². The van der Waals surface area contributed by atoms with Crippen LogP contribution in [0.25, 0.3) is 5.57 Å². The standard InChI is InChI=1S/C14H16O3/c1-16-13-7-11(8-14(9-13)17-2)10-3-5-12(15)6-4-10/h3,7-9H,4-6H2,1-2H3. The number of carbonyl (C=O) groups excluding carboxylic acids is 1. The van der Waals surface area contributed by atoms with E-state index in [9.17, 15) is 4.79 Å². The smallest absolute Gasteiger partial charge is 0.137 e. The van der Waals surface area contributed by atoms with E-state index in [0.29, 0.717) is 18.6 Å². The highest BCUT2D eigenvalue weighted by atomic mass is 16.5. The Bertz CT molecular complexity index is 438. The number of ether oxygens (including phenoxy) is 2. The molecule has 1 aliphatic carbocycles. The van der Waals surface area contributed by atoms with Crippen LogP contribution in [0, 0.1) is 0 Å². The maximum Gasteiger partial charge on any atom is 0.137 e. The van der Waals surface area contributed by atoms with E-state index >= 15 is 0 Å². The first-order valence-corrected chi connectivity index (χ1v) is 5.67. The molecule has 1 aliphatic rings. The van der Waals surface area contributed by atoms with Crippen LogP contribution in [0.1, 0.15) is 24.8 Å². The van der Waals surface area contributed by atoms with E-state index in [2.05, 4.69) is 0 Å². The number of hydrogen-bond acceptors (Lipinski definition) is 3. The molecule has 0 saturated heterocycles. The Morgan fingerprint density at radius 1 is 1.00 bits per heavy atom. The number of rotatable bonds is 3. The van der Waals surface area contributed by atoms with Crippen LogP contribution in [0.5, 0.6) is 11.5 Å². The zero-order valence-corrected chi connectivity index (χ0v) is 10.2. The zero-order chi connectivity index (χ0) is 12.3. The molecule has 0 N–H and O–H groups in total. The second kappa shape index (κ2) is 5.04. The minimum atomic E-state index is 0.309. The maximum absolute atomic E-state index is 11.2. The van der Waals surface area contributed by atoms with Gasteiger partial charge in [-0.25, -0.2) is 0 Å². The van der Waals surface area contributed by atoms with E-state index in [-0.39, 0.29) is 0 Å². The van der Waals surface area contributed by atoms with Gasteiger partial charge in [-0.3, -0.25) is 4.79 Å². The minimum Gasteiger partial charge on any atom is -0.497 e. The van der Waals surface area contributed by atoms with Gasteiger partial charge in [-0.05, 0) is 29.7 Å². The summed E-state index contributed by atoms with van der Waals surface area (Å²) in [7, 11) is 3.27. The van der Waals surface area contributed by atoms with Gasteiger partial charge in [0.15, 0.2) is 0 Å². The normalized spacial score (nSPS) is 15.4. The van der Waals surface area contributed by atoms with Crippen LogP contribution in [0.15, 0.2) is 24.3 Å². The molecule has 2 rings (SSSR count). The van der Waals surface area contributed by atoms with Crippen molar-refractivity contribution in [2.24, 2.45) is 0 Å². The van der Waals surface area contributed by atoms with Gasteiger partial charge in [0, 0.05) is 18.9 Å². The first kappa shape index (κ1) is 11.7. The number of benzene rings is 1. The summed E-state index contributed by atoms with van der Waals surface area (Å²) in [5.41, 5.74) is 2.27. The molecule has 0 unspecified atom stereocenters. The molecule has 1 aromatic carbocycles. The lowest BCUT2D eigenvalue weighted by Crippen LogP contribution is -2.03. The zero-order valence-electron chi connectivity index (χ0n) is 10.2. The molecule has 0 bridgehead atoms. The summed E-state index contributed by atoms with van der Waals surface area (Å²) >= 11 is 0. The summed E-state index contributed by atoms with van der Waals surface area (Å²) in [5.74, 6) is 1.86. The molecule has 1 aromatic rings. The number of allylic oxidation sites excluding steroid dienone is 2. The minimum absolute atomic E-state index is 0.309. The van der Waals surface area contributed by atoms with Gasteiger partial charge in [-0.15, -0.1) is 0 Å². The fourth-order valence-corrected chi connectivity index (χ4v) is 1.97. The molecule has 90 valence electrons. The van der Waals surface area contributed by atoms with Crippen LogP contribution >= 0.6 is 0 Å². The molecule has 0 fully saturated rings. The Morgan fingerprint density at radius 2 is 1.65 bits per heavy atom. The van der Waals surface area contributed by atoms with Crippen molar-refractivity contribution in [1.82, 2.24) is 0 Å². The molecule has 0 atom stereocenters. The lowest BCUT2D eigenvalue weighted by molar-refractivity contribution is -0.118. The van der Waals surface area contributed by atoms with E-state index in [1.54, 1.807) is 14.2 Å². The third-order valence-corrected chi connectivity index (χ3v) is 2.97. The molecule has 0 aliphatic heterocycles. The highest BCUT2D eigenvalue weighted by Gasteiger charge is 2.13. The van der Waals surface area contributed by atoms with E-state index < -0.39 is 0 Å². The van der Waals surface area contributed by atoms with Crippen molar-refractivity contribution in [3.63, 3.8) is 0 Å². The topological polar surface area (TPSA) is 35.5 Å². The van der Waals surface area contributed by atoms with E-state index in [1.165, 1.54) is 5.57 Å². The highest BCUT2D eigenvalue weighted by molar-refractivity contribution is 5.87. The predicted octanol–water partition coefficient (Wildman–Crippen LogP) is 2.84. The third kappa shape index (κ3) is 2.67. The molecule has 3 heteroatoms. The van der Waals surface area contributed by atoms with Gasteiger partial charge in [-0.2, -0.15) is 0 Å². The molecule has 0 saturated carbocycles. The van der Waals surface area contributed by atoms with Crippen LogP contribution in [0.2, 0.25) is 0 Å². The van der Waals surface area contributed by atoms with Crippen molar-refractivity contribution in [3.05, 3.63) is 29.8 Å². The second-order valence-corrected chi connectivity index (χ2v) is 4.07. The average Bonchev–Trinajstić information content (AvgIpc) is 2.39. The Hall–Kier alpha value is -1.77. The number of Topliss-reactive ketones (excluding diaryl/α,β-unsaturated/α-hetero) is 1. The molecule has 0 radical (unpaired) electrons. The number of methoxy groups -OCH3 is 2. The first-order valence-electron chi connectivity index (χ1n) is 5.67. The number of ketones is 1. The van der Waals surface area contributed by atoms with Gasteiger partial charge in [0.1, 0.15) is 17.3 Å². The van der Waals surface area contributed by atoms with E-state index in [4.69, 9.17) is 9.47 Å². The summed E-state index contributed by atoms with van der Waals surface area (Å²) in [4.78, 5) is 11.2. The first-order chi connectivity index (χ1) is 8.22. The molecular weight excluding hydrogens is 216 g/mol. The van der Waals surface area contributed by atoms with Crippen LogP contribution in [-0.4, -0.2) is 20.0 Å². The van der Waals surface area contributed by atoms with Gasteiger partial charge in [0.25, 0.3) is 0 Å². The fourth-order valence-electron chi connectivity index (χ4n) is 1.97. The van der Waals surface area contributed by atoms with Gasteiger partial charge < -0.3 is 9.47 Å². The van der Waals surface area contributed by atoms with Gasteiger partial charge in [0.05, 0.1) is 14.2 Å². The SMILES string of the molecule is COc1cc(OC)cc(C2=CCC(=O)CC2)c1. The van der Waals surface area contributed by atoms with E-state index in [0.717, 1.165) is 23.5 Å². The van der Waals surface area contributed by atoms with Gasteiger partial charge in [0.2, 0.25) is 0 Å². The lowest BCUT2D eigenvalue weighted by Gasteiger charge is -2.14. The maximum atomic E-state index is 11.2. The van der Waals surface area contributed by atoms with Crippen LogP contribution in [0.3, 0.4) is 0 Å². The van der Waals surface area contributed by atoms with Crippen molar-refractivity contribution < 1.29 is 14.3 Å². The van der Waals surface area contributed by atoms with Crippen molar-refractivity contribution in [3.8, 4) is 11.5 Å². The predicted molar refractivity (Wildman–Crippen MR) is 66.4 cm³/mol. The quantitative estimate of drug-likeness (QED) is 0.803. The fraction of sp³-hybridized carbons (Fsp3) is 0.357. The van der Waals surface area contributed by atoms with Crippen molar-refractivity contribution in [1.29, 1.82) is 0 Å². The van der Waals surface area contributed by atoms with Gasteiger partial charge in [-0.1, -0.05) is 6.08 Å². The summed E-state index contributed by atoms with van der Waals surface area (Å²) in [5, 5.41) is 0. The average molecular weight is 232 g/mol. The second-order valence-electron chi connectivity index (χ2n) is 4.07. The summed E-state index contributed by atoms with van der Waals surface area (Å²) in [6, 6.07) is 5.80. The Labute approximate surface area is 101 Å².